The van der Waals surface area contributed by atoms with Gasteiger partial charge in [-0.25, -0.2) is 4.39 Å². The van der Waals surface area contributed by atoms with Gasteiger partial charge in [0.15, 0.2) is 0 Å². The van der Waals surface area contributed by atoms with E-state index in [1.165, 1.54) is 35.6 Å². The summed E-state index contributed by atoms with van der Waals surface area (Å²) in [6.45, 7) is 1.07. The summed E-state index contributed by atoms with van der Waals surface area (Å²) in [5, 5.41) is 2.90. The van der Waals surface area contributed by atoms with Gasteiger partial charge in [0.2, 0.25) is 0 Å². The Kier molecular flexibility index (Phi) is 5.16. The van der Waals surface area contributed by atoms with E-state index in [0.29, 0.717) is 36.4 Å². The Morgan fingerprint density at radius 1 is 1.18 bits per heavy atom. The number of halogens is 1. The maximum absolute atomic E-state index is 13.1. The molecule has 0 spiro atoms. The smallest absolute Gasteiger partial charge is 0.261 e. The minimum absolute atomic E-state index is 0.149. The van der Waals surface area contributed by atoms with E-state index in [2.05, 4.69) is 10.3 Å². The van der Waals surface area contributed by atoms with Crippen LogP contribution in [0.5, 0.6) is 0 Å². The van der Waals surface area contributed by atoms with Crippen LogP contribution < -0.4 is 10.2 Å². The molecule has 0 unspecified atom stereocenters. The fourth-order valence-corrected chi connectivity index (χ4v) is 4.24. The number of aromatic nitrogens is 1. The molecule has 2 aromatic heterocycles. The van der Waals surface area contributed by atoms with E-state index in [-0.39, 0.29) is 17.6 Å². The number of rotatable bonds is 5. The summed E-state index contributed by atoms with van der Waals surface area (Å²) < 4.78 is 13.1. The Labute approximate surface area is 165 Å². The van der Waals surface area contributed by atoms with Crippen molar-refractivity contribution in [1.82, 2.24) is 10.3 Å². The van der Waals surface area contributed by atoms with Crippen LogP contribution in [0.25, 0.3) is 0 Å². The van der Waals surface area contributed by atoms with Crippen molar-refractivity contribution in [3.8, 4) is 0 Å². The second kappa shape index (κ2) is 7.90. The van der Waals surface area contributed by atoms with Gasteiger partial charge in [-0.2, -0.15) is 0 Å². The average molecular weight is 395 g/mol. The van der Waals surface area contributed by atoms with Gasteiger partial charge in [0.05, 0.1) is 10.6 Å². The number of thiophene rings is 1. The van der Waals surface area contributed by atoms with Crippen LogP contribution >= 0.6 is 11.3 Å². The quantitative estimate of drug-likeness (QED) is 0.720. The fraction of sp³-hybridized carbons (Fsp3) is 0.190. The Balaban J connectivity index is 1.42. The first-order valence-electron chi connectivity index (χ1n) is 9.00. The summed E-state index contributed by atoms with van der Waals surface area (Å²) in [6.07, 6.45) is 3.11. The second-order valence-electron chi connectivity index (χ2n) is 6.46. The zero-order chi connectivity index (χ0) is 19.5. The Morgan fingerprint density at radius 3 is 2.75 bits per heavy atom. The van der Waals surface area contributed by atoms with Crippen LogP contribution in [0.1, 0.15) is 30.6 Å². The predicted molar refractivity (Wildman–Crippen MR) is 106 cm³/mol. The first-order valence-corrected chi connectivity index (χ1v) is 9.82. The molecule has 1 N–H and O–H groups in total. The lowest BCUT2D eigenvalue weighted by Gasteiger charge is -2.16. The number of hydrogen-bond acceptors (Lipinski definition) is 4. The summed E-state index contributed by atoms with van der Waals surface area (Å²) in [5.74, 6) is -0.706. The van der Waals surface area contributed by atoms with Crippen molar-refractivity contribution in [2.75, 3.05) is 18.0 Å². The lowest BCUT2D eigenvalue weighted by Crippen LogP contribution is -2.29. The lowest BCUT2D eigenvalue weighted by atomic mass is 10.2. The molecular weight excluding hydrogens is 377 g/mol. The summed E-state index contributed by atoms with van der Waals surface area (Å²) >= 11 is 1.41. The highest BCUT2D eigenvalue weighted by Crippen LogP contribution is 2.36. The van der Waals surface area contributed by atoms with Crippen LogP contribution in [0.15, 0.2) is 54.7 Å². The van der Waals surface area contributed by atoms with E-state index in [9.17, 15) is 14.0 Å². The highest BCUT2D eigenvalue weighted by molar-refractivity contribution is 7.14. The number of pyridine rings is 1. The van der Waals surface area contributed by atoms with Crippen molar-refractivity contribution in [2.45, 2.75) is 12.8 Å². The van der Waals surface area contributed by atoms with E-state index < -0.39 is 0 Å². The van der Waals surface area contributed by atoms with Gasteiger partial charge < -0.3 is 10.2 Å². The predicted octanol–water partition coefficient (Wildman–Crippen LogP) is 3.46. The molecule has 4 rings (SSSR count). The molecule has 7 heteroatoms. The van der Waals surface area contributed by atoms with E-state index in [0.717, 1.165) is 16.3 Å². The minimum Gasteiger partial charge on any atom is -0.351 e. The van der Waals surface area contributed by atoms with Crippen molar-refractivity contribution >= 4 is 28.8 Å². The number of benzene rings is 1. The van der Waals surface area contributed by atoms with Crippen molar-refractivity contribution in [2.24, 2.45) is 0 Å². The maximum atomic E-state index is 13.1. The molecule has 0 saturated carbocycles. The van der Waals surface area contributed by atoms with E-state index >= 15 is 0 Å². The van der Waals surface area contributed by atoms with Gasteiger partial charge in [0, 0.05) is 48.3 Å². The molecule has 0 aliphatic carbocycles. The lowest BCUT2D eigenvalue weighted by molar-refractivity contribution is 0.0955. The van der Waals surface area contributed by atoms with Crippen LogP contribution in [0.3, 0.4) is 0 Å². The third kappa shape index (κ3) is 3.80. The summed E-state index contributed by atoms with van der Waals surface area (Å²) in [7, 11) is 0. The molecule has 0 fully saturated rings. The third-order valence-corrected chi connectivity index (χ3v) is 5.78. The number of nitrogens with zero attached hydrogens (tertiary/aromatic N) is 2. The van der Waals surface area contributed by atoms with Gasteiger partial charge >= 0.3 is 0 Å². The van der Waals surface area contributed by atoms with Crippen LogP contribution in [-0.4, -0.2) is 29.9 Å². The molecule has 5 nitrogen and oxygen atoms in total. The topological polar surface area (TPSA) is 62.3 Å². The van der Waals surface area contributed by atoms with Gasteiger partial charge in [0.25, 0.3) is 11.8 Å². The fourth-order valence-electron chi connectivity index (χ4n) is 3.17. The van der Waals surface area contributed by atoms with Crippen molar-refractivity contribution in [3.63, 3.8) is 0 Å². The number of nitrogens with one attached hydrogen (secondary N) is 1. The summed E-state index contributed by atoms with van der Waals surface area (Å²) in [6, 6.07) is 13.0. The number of carbonyl (C=O) groups is 2. The third-order valence-electron chi connectivity index (χ3n) is 4.59. The maximum Gasteiger partial charge on any atom is 0.261 e. The average Bonchev–Trinajstić information content (AvgIpc) is 3.30. The number of carbonyl (C=O) groups excluding carboxylic acids is 2. The van der Waals surface area contributed by atoms with E-state index in [4.69, 9.17) is 0 Å². The van der Waals surface area contributed by atoms with Crippen molar-refractivity contribution < 1.29 is 14.0 Å². The molecule has 3 aromatic rings. The number of fused-ring (bicyclic) bond motifs is 1. The molecule has 0 saturated heterocycles. The van der Waals surface area contributed by atoms with E-state index in [1.54, 1.807) is 17.2 Å². The normalized spacial score (nSPS) is 12.7. The molecular formula is C21H18FN3O2S. The molecule has 2 amide bonds. The highest BCUT2D eigenvalue weighted by Gasteiger charge is 2.29. The van der Waals surface area contributed by atoms with Crippen LogP contribution in [0.2, 0.25) is 0 Å². The van der Waals surface area contributed by atoms with E-state index in [1.807, 2.05) is 18.2 Å². The van der Waals surface area contributed by atoms with Gasteiger partial charge in [-0.15, -0.1) is 11.3 Å². The largest absolute Gasteiger partial charge is 0.351 e. The van der Waals surface area contributed by atoms with Crippen molar-refractivity contribution in [1.29, 1.82) is 0 Å². The molecule has 142 valence electrons. The molecule has 28 heavy (non-hydrogen) atoms. The van der Waals surface area contributed by atoms with Gasteiger partial charge in [-0.3, -0.25) is 14.6 Å². The van der Waals surface area contributed by atoms with Crippen LogP contribution in [0, 0.1) is 5.82 Å². The first-order chi connectivity index (χ1) is 13.6. The monoisotopic (exact) mass is 395 g/mol. The molecule has 1 aliphatic rings. The first kappa shape index (κ1) is 18.3. The SMILES string of the molecule is O=C(NCCc1ccccn1)c1cc2c(s1)CCN2C(=O)c1ccc(F)cc1. The minimum atomic E-state index is -0.376. The Hall–Kier alpha value is -3.06. The Bertz CT molecular complexity index is 1000. The summed E-state index contributed by atoms with van der Waals surface area (Å²) in [5.41, 5.74) is 2.13. The van der Waals surface area contributed by atoms with Crippen molar-refractivity contribution in [3.05, 3.63) is 81.6 Å². The van der Waals surface area contributed by atoms with Gasteiger partial charge in [-0.05, 0) is 42.5 Å². The van der Waals surface area contributed by atoms with Crippen LogP contribution in [-0.2, 0) is 12.8 Å². The molecule has 0 atom stereocenters. The molecule has 1 aromatic carbocycles. The second-order valence-corrected chi connectivity index (χ2v) is 7.60. The molecule has 3 heterocycles. The van der Waals surface area contributed by atoms with Crippen LogP contribution in [0.4, 0.5) is 10.1 Å². The molecule has 0 radical (unpaired) electrons. The number of anilines is 1. The zero-order valence-corrected chi connectivity index (χ0v) is 15.8. The number of hydrogen-bond donors (Lipinski definition) is 1. The highest BCUT2D eigenvalue weighted by atomic mass is 32.1. The number of amides is 2. The van der Waals surface area contributed by atoms with Gasteiger partial charge in [0.1, 0.15) is 5.82 Å². The Morgan fingerprint density at radius 2 is 2.00 bits per heavy atom. The molecule has 1 aliphatic heterocycles. The van der Waals surface area contributed by atoms with Gasteiger partial charge in [-0.1, -0.05) is 6.07 Å². The molecule has 0 bridgehead atoms. The zero-order valence-electron chi connectivity index (χ0n) is 15.0. The summed E-state index contributed by atoms with van der Waals surface area (Å²) in [4.78, 5) is 32.7. The standard InChI is InChI=1S/C21H18FN3O2S/c22-15-6-4-14(5-7-15)21(27)25-12-9-18-17(25)13-19(28-18)20(26)24-11-8-16-3-1-2-10-23-16/h1-7,10,13H,8-9,11-12H2,(H,24,26).